The smallest absolute Gasteiger partial charge is 0.318 e. The number of fused-ring (bicyclic) bond motifs is 1. The summed E-state index contributed by atoms with van der Waals surface area (Å²) in [6, 6.07) is 6.78. The fourth-order valence-corrected chi connectivity index (χ4v) is 7.16. The van der Waals surface area contributed by atoms with E-state index in [1.165, 1.54) is 12.0 Å². The number of benzene rings is 1. The standard InChI is InChI=1S/C42H61N3O18/c1-23(46)55-22-30-32(57-24(2)47)34(58-25(3)48)35(59-26(4)49)39(61-30)54-18-14-17-45(40(52)44-41(5,6)7)28(19-31(50)56-21-27-15-12-11-13-16-27)37(51)43-20-29-33-36(38(53-10)60-29)63-42(8,9)62-33/h11-13,15-16,28-30,32-36,38-39H,14,17-22H2,1-10H3,(H,43,51)(H,44,52)/t28?,29-,30-,32-,33-,34+,35+,36-,38-,39+/m1/s1. The first kappa shape index (κ1) is 50.7. The minimum atomic E-state index is -1.49. The van der Waals surface area contributed by atoms with Gasteiger partial charge in [-0.1, -0.05) is 30.3 Å². The summed E-state index contributed by atoms with van der Waals surface area (Å²) in [7, 11) is 1.46. The molecule has 1 unspecified atom stereocenters. The van der Waals surface area contributed by atoms with Crippen molar-refractivity contribution in [3.8, 4) is 0 Å². The van der Waals surface area contributed by atoms with Crippen LogP contribution in [0.4, 0.5) is 4.79 Å². The van der Waals surface area contributed by atoms with Gasteiger partial charge in [0.25, 0.3) is 0 Å². The maximum Gasteiger partial charge on any atom is 0.318 e. The average Bonchev–Trinajstić information content (AvgIpc) is 3.67. The molecule has 0 bridgehead atoms. The van der Waals surface area contributed by atoms with Gasteiger partial charge in [0.1, 0.15) is 43.7 Å². The van der Waals surface area contributed by atoms with Gasteiger partial charge in [-0.15, -0.1) is 0 Å². The van der Waals surface area contributed by atoms with Crippen LogP contribution in [0, 0.1) is 0 Å². The largest absolute Gasteiger partial charge is 0.463 e. The Labute approximate surface area is 366 Å². The summed E-state index contributed by atoms with van der Waals surface area (Å²) in [5.41, 5.74) is -0.0837. The van der Waals surface area contributed by atoms with Crippen LogP contribution in [0.15, 0.2) is 30.3 Å². The summed E-state index contributed by atoms with van der Waals surface area (Å²) in [5, 5.41) is 5.67. The van der Waals surface area contributed by atoms with E-state index in [1.54, 1.807) is 58.9 Å². The Hall–Kier alpha value is -4.93. The first-order valence-electron chi connectivity index (χ1n) is 20.6. The molecule has 3 aliphatic rings. The monoisotopic (exact) mass is 895 g/mol. The van der Waals surface area contributed by atoms with E-state index in [9.17, 15) is 33.6 Å². The van der Waals surface area contributed by atoms with E-state index >= 15 is 0 Å². The van der Waals surface area contributed by atoms with Crippen molar-refractivity contribution >= 4 is 41.8 Å². The Morgan fingerprint density at radius 1 is 0.778 bits per heavy atom. The predicted octanol–water partition coefficient (Wildman–Crippen LogP) is 1.80. The van der Waals surface area contributed by atoms with Crippen LogP contribution in [0.5, 0.6) is 0 Å². The van der Waals surface area contributed by atoms with Crippen LogP contribution in [0.2, 0.25) is 0 Å². The summed E-state index contributed by atoms with van der Waals surface area (Å²) >= 11 is 0. The summed E-state index contributed by atoms with van der Waals surface area (Å²) in [6.07, 6.45) is -10.3. The molecule has 10 atom stereocenters. The molecule has 1 aromatic carbocycles. The molecular formula is C42H61N3O18. The molecule has 0 radical (unpaired) electrons. The highest BCUT2D eigenvalue weighted by Gasteiger charge is 2.56. The molecule has 3 fully saturated rings. The highest BCUT2D eigenvalue weighted by Crippen LogP contribution is 2.39. The maximum atomic E-state index is 14.3. The molecule has 63 heavy (non-hydrogen) atoms. The Kier molecular flexibility index (Phi) is 18.2. The van der Waals surface area contributed by atoms with Crippen molar-refractivity contribution in [3.63, 3.8) is 0 Å². The SMILES string of the molecule is CO[C@@H]1O[C@H](CNC(=O)C(CC(=O)OCc2ccccc2)N(CCCO[C@H]2O[C@H](COC(C)=O)[C@@H](OC(C)=O)[C@H](OC(C)=O)[C@@H]2OC(C)=O)C(=O)NC(C)(C)C)[C@H]2OC(C)(C)O[C@@H]12. The molecule has 3 aliphatic heterocycles. The van der Waals surface area contributed by atoms with Gasteiger partial charge in [0.15, 0.2) is 36.7 Å². The topological polar surface area (TPSA) is 248 Å². The van der Waals surface area contributed by atoms with Gasteiger partial charge in [-0.3, -0.25) is 28.8 Å². The molecule has 1 aromatic rings. The molecule has 0 aliphatic carbocycles. The van der Waals surface area contributed by atoms with Gasteiger partial charge >= 0.3 is 35.9 Å². The Morgan fingerprint density at radius 3 is 1.98 bits per heavy atom. The van der Waals surface area contributed by atoms with Crippen LogP contribution in [-0.4, -0.2) is 153 Å². The van der Waals surface area contributed by atoms with E-state index < -0.39 is 127 Å². The average molecular weight is 896 g/mol. The first-order valence-corrected chi connectivity index (χ1v) is 20.6. The minimum Gasteiger partial charge on any atom is -0.463 e. The Balaban J connectivity index is 1.59. The third-order valence-electron chi connectivity index (χ3n) is 9.61. The Morgan fingerprint density at radius 2 is 1.38 bits per heavy atom. The van der Waals surface area contributed by atoms with Crippen LogP contribution in [0.1, 0.15) is 80.7 Å². The second-order valence-corrected chi connectivity index (χ2v) is 16.6. The van der Waals surface area contributed by atoms with Gasteiger partial charge in [0.2, 0.25) is 5.91 Å². The molecule has 21 nitrogen and oxygen atoms in total. The first-order chi connectivity index (χ1) is 29.6. The third-order valence-corrected chi connectivity index (χ3v) is 9.61. The van der Waals surface area contributed by atoms with E-state index in [2.05, 4.69) is 10.6 Å². The maximum absolute atomic E-state index is 14.3. The number of nitrogens with zero attached hydrogens (tertiary/aromatic N) is 1. The Bertz CT molecular complexity index is 1750. The van der Waals surface area contributed by atoms with Crippen LogP contribution < -0.4 is 10.6 Å². The zero-order chi connectivity index (χ0) is 46.6. The zero-order valence-corrected chi connectivity index (χ0v) is 37.4. The summed E-state index contributed by atoms with van der Waals surface area (Å²) in [4.78, 5) is 91.5. The van der Waals surface area contributed by atoms with E-state index in [-0.39, 0.29) is 32.7 Å². The van der Waals surface area contributed by atoms with Gasteiger partial charge in [-0.2, -0.15) is 0 Å². The molecule has 0 saturated carbocycles. The van der Waals surface area contributed by atoms with E-state index in [4.69, 9.17) is 52.1 Å². The van der Waals surface area contributed by atoms with Crippen LogP contribution in [0.3, 0.4) is 0 Å². The lowest BCUT2D eigenvalue weighted by Crippen LogP contribution is -2.63. The zero-order valence-electron chi connectivity index (χ0n) is 37.4. The molecule has 4 rings (SSSR count). The van der Waals surface area contributed by atoms with E-state index in [0.29, 0.717) is 5.56 Å². The lowest BCUT2D eigenvalue weighted by molar-refractivity contribution is -0.308. The van der Waals surface area contributed by atoms with E-state index in [0.717, 1.165) is 27.7 Å². The second-order valence-electron chi connectivity index (χ2n) is 16.6. The lowest BCUT2D eigenvalue weighted by atomic mass is 9.98. The quantitative estimate of drug-likeness (QED) is 0.114. The summed E-state index contributed by atoms with van der Waals surface area (Å²) in [5.74, 6) is -5.55. The number of carbonyl (C=O) groups is 7. The molecule has 0 aromatic heterocycles. The van der Waals surface area contributed by atoms with Crippen LogP contribution in [0.25, 0.3) is 0 Å². The molecular weight excluding hydrogens is 834 g/mol. The van der Waals surface area contributed by atoms with Crippen molar-refractivity contribution in [2.24, 2.45) is 0 Å². The molecule has 352 valence electrons. The number of carbonyl (C=O) groups excluding carboxylic acids is 7. The van der Waals surface area contributed by atoms with Gasteiger partial charge in [0.05, 0.1) is 13.0 Å². The second kappa shape index (κ2) is 22.6. The molecule has 3 heterocycles. The van der Waals surface area contributed by atoms with Gasteiger partial charge < -0.3 is 67.6 Å². The number of hydrogen-bond acceptors (Lipinski definition) is 18. The molecule has 21 heteroatoms. The van der Waals surface area contributed by atoms with Gasteiger partial charge in [-0.25, -0.2) is 4.79 Å². The molecule has 3 amide bonds. The number of methoxy groups -OCH3 is 1. The third kappa shape index (κ3) is 15.4. The molecule has 2 N–H and O–H groups in total. The number of nitrogens with one attached hydrogen (secondary N) is 2. The number of hydrogen-bond donors (Lipinski definition) is 2. The van der Waals surface area contributed by atoms with Crippen molar-refractivity contribution in [1.29, 1.82) is 0 Å². The predicted molar refractivity (Wildman–Crippen MR) is 215 cm³/mol. The summed E-state index contributed by atoms with van der Waals surface area (Å²) < 4.78 is 62.7. The normalized spacial score (nSPS) is 26.6. The van der Waals surface area contributed by atoms with Crippen LogP contribution in [-0.2, 0) is 87.5 Å². The molecule has 3 saturated heterocycles. The highest BCUT2D eigenvalue weighted by atomic mass is 16.8. The number of urea groups is 1. The number of ether oxygens (including phenoxy) is 11. The van der Waals surface area contributed by atoms with Crippen molar-refractivity contribution < 1.29 is 85.7 Å². The summed E-state index contributed by atoms with van der Waals surface area (Å²) in [6.45, 7) is 12.1. The number of esters is 5. The van der Waals surface area contributed by atoms with Crippen molar-refractivity contribution in [2.45, 2.75) is 154 Å². The van der Waals surface area contributed by atoms with E-state index in [1.807, 2.05) is 6.07 Å². The fraction of sp³-hybridized carbons (Fsp3) is 0.690. The van der Waals surface area contributed by atoms with Crippen LogP contribution >= 0.6 is 0 Å². The van der Waals surface area contributed by atoms with Crippen molar-refractivity contribution in [2.75, 3.05) is 33.4 Å². The highest BCUT2D eigenvalue weighted by molar-refractivity contribution is 5.90. The number of rotatable bonds is 19. The number of amides is 3. The minimum absolute atomic E-state index is 0.0153. The van der Waals surface area contributed by atoms with Crippen molar-refractivity contribution in [1.82, 2.24) is 15.5 Å². The fourth-order valence-electron chi connectivity index (χ4n) is 7.16. The molecule has 0 spiro atoms. The lowest BCUT2D eigenvalue weighted by Gasteiger charge is -2.44. The van der Waals surface area contributed by atoms with Gasteiger partial charge in [0, 0.05) is 53.4 Å². The van der Waals surface area contributed by atoms with Gasteiger partial charge in [-0.05, 0) is 46.6 Å². The van der Waals surface area contributed by atoms with Crippen molar-refractivity contribution in [3.05, 3.63) is 35.9 Å².